The predicted octanol–water partition coefficient (Wildman–Crippen LogP) is 16.4. The molecule has 4 nitrogen and oxygen atoms in total. The average Bonchev–Trinajstić information content (AvgIpc) is 4.07. The van der Waals surface area contributed by atoms with E-state index in [4.69, 9.17) is 9.40 Å². The molecular weight excluding hydrogens is 791 g/mol. The van der Waals surface area contributed by atoms with Crippen molar-refractivity contribution < 1.29 is 4.42 Å². The van der Waals surface area contributed by atoms with E-state index in [-0.39, 0.29) is 0 Å². The monoisotopic (exact) mass is 829 g/mol. The van der Waals surface area contributed by atoms with E-state index in [2.05, 4.69) is 246 Å². The molecule has 4 heteroatoms. The van der Waals surface area contributed by atoms with Gasteiger partial charge in [0.1, 0.15) is 17.0 Å². The van der Waals surface area contributed by atoms with Gasteiger partial charge in [-0.25, -0.2) is 4.98 Å². The van der Waals surface area contributed by atoms with Gasteiger partial charge >= 0.3 is 0 Å². The molecule has 0 bridgehead atoms. The lowest BCUT2D eigenvalue weighted by atomic mass is 9.95. The third kappa shape index (κ3) is 6.18. The van der Waals surface area contributed by atoms with Crippen LogP contribution in [0, 0.1) is 0 Å². The fourth-order valence-electron chi connectivity index (χ4n) is 9.88. The molecule has 0 aliphatic carbocycles. The van der Waals surface area contributed by atoms with Crippen LogP contribution in [0.25, 0.3) is 122 Å². The van der Waals surface area contributed by atoms with Gasteiger partial charge in [0.25, 0.3) is 0 Å². The molecule has 0 saturated carbocycles. The third-order valence-electron chi connectivity index (χ3n) is 12.9. The first-order chi connectivity index (χ1) is 32.2. The lowest BCUT2D eigenvalue weighted by molar-refractivity contribution is 0.669. The van der Waals surface area contributed by atoms with Crippen molar-refractivity contribution in [2.24, 2.45) is 0 Å². The van der Waals surface area contributed by atoms with Crippen LogP contribution in [-0.2, 0) is 0 Å². The zero-order valence-electron chi connectivity index (χ0n) is 35.3. The van der Waals surface area contributed by atoms with E-state index in [1.807, 2.05) is 0 Å². The summed E-state index contributed by atoms with van der Waals surface area (Å²) in [4.78, 5) is 5.31. The predicted molar refractivity (Wildman–Crippen MR) is 270 cm³/mol. The molecule has 0 radical (unpaired) electrons. The van der Waals surface area contributed by atoms with Crippen LogP contribution in [0.2, 0.25) is 0 Å². The van der Waals surface area contributed by atoms with Gasteiger partial charge in [0.15, 0.2) is 0 Å². The van der Waals surface area contributed by atoms with Crippen molar-refractivity contribution in [3.05, 3.63) is 237 Å². The summed E-state index contributed by atoms with van der Waals surface area (Å²) in [6, 6.07) is 84.5. The molecule has 0 N–H and O–H groups in total. The lowest BCUT2D eigenvalue weighted by Crippen LogP contribution is -1.98. The summed E-state index contributed by atoms with van der Waals surface area (Å²) < 4.78 is 11.2. The third-order valence-corrected chi connectivity index (χ3v) is 12.9. The van der Waals surface area contributed by atoms with Crippen molar-refractivity contribution >= 4 is 54.8 Å². The first-order valence-corrected chi connectivity index (χ1v) is 22.1. The molecule has 0 atom stereocenters. The van der Waals surface area contributed by atoms with E-state index in [0.717, 1.165) is 83.6 Å². The number of imidazole rings is 1. The molecule has 3 heterocycles. The van der Waals surface area contributed by atoms with E-state index in [1.165, 1.54) is 38.5 Å². The maximum atomic E-state index is 6.55. The van der Waals surface area contributed by atoms with Crippen LogP contribution >= 0.6 is 0 Å². The molecule has 65 heavy (non-hydrogen) atoms. The van der Waals surface area contributed by atoms with Gasteiger partial charge < -0.3 is 8.98 Å². The number of rotatable bonds is 7. The van der Waals surface area contributed by atoms with Gasteiger partial charge in [-0.3, -0.25) is 4.57 Å². The Bertz CT molecular complexity index is 3860. The van der Waals surface area contributed by atoms with E-state index < -0.39 is 0 Å². The van der Waals surface area contributed by atoms with E-state index in [1.54, 1.807) is 0 Å². The highest BCUT2D eigenvalue weighted by atomic mass is 16.3. The van der Waals surface area contributed by atoms with Crippen molar-refractivity contribution in [2.75, 3.05) is 0 Å². The maximum Gasteiger partial charge on any atom is 0.145 e. The molecule has 10 aromatic carbocycles. The minimum atomic E-state index is 0.871. The average molecular weight is 830 g/mol. The number of nitrogens with zero attached hydrogens (tertiary/aromatic N) is 3. The molecule has 0 aliphatic heterocycles. The van der Waals surface area contributed by atoms with Crippen molar-refractivity contribution in [1.82, 2.24) is 14.1 Å². The largest absolute Gasteiger partial charge is 0.456 e. The topological polar surface area (TPSA) is 35.9 Å². The summed E-state index contributed by atoms with van der Waals surface area (Å²) in [5.41, 5.74) is 18.6. The molecule has 3 aromatic heterocycles. The normalized spacial score (nSPS) is 11.7. The van der Waals surface area contributed by atoms with Gasteiger partial charge in [-0.1, -0.05) is 146 Å². The minimum Gasteiger partial charge on any atom is -0.456 e. The Hall–Kier alpha value is -8.73. The van der Waals surface area contributed by atoms with Crippen LogP contribution in [0.3, 0.4) is 0 Å². The SMILES string of the molecule is c1ccc(-c2cc(-c3ccccc3)cc(-c3nc4ccccc4n3-c3ccc(-c4cccc5oc6ccc(-c7ccc8c(c7)c7ccccc7n8-c7ccccc7)cc6c45)cc3)c2)cc1. The molecule has 0 amide bonds. The number of benzene rings is 10. The van der Waals surface area contributed by atoms with Crippen LogP contribution in [0.5, 0.6) is 0 Å². The van der Waals surface area contributed by atoms with Gasteiger partial charge in [0.2, 0.25) is 0 Å². The van der Waals surface area contributed by atoms with Crippen LogP contribution in [-0.4, -0.2) is 14.1 Å². The number of hydrogen-bond donors (Lipinski definition) is 0. The Balaban J connectivity index is 0.919. The molecule has 13 rings (SSSR count). The molecule has 13 aromatic rings. The highest BCUT2D eigenvalue weighted by molar-refractivity contribution is 6.14. The molecule has 0 fully saturated rings. The molecule has 0 saturated heterocycles. The molecular formula is C61H39N3O. The smallest absolute Gasteiger partial charge is 0.145 e. The molecule has 0 aliphatic rings. The zero-order chi connectivity index (χ0) is 42.8. The summed E-state index contributed by atoms with van der Waals surface area (Å²) >= 11 is 0. The second-order valence-corrected chi connectivity index (χ2v) is 16.7. The summed E-state index contributed by atoms with van der Waals surface area (Å²) in [5, 5.41) is 4.68. The quantitative estimate of drug-likeness (QED) is 0.160. The zero-order valence-corrected chi connectivity index (χ0v) is 35.3. The van der Waals surface area contributed by atoms with Crippen LogP contribution in [0.1, 0.15) is 0 Å². The summed E-state index contributed by atoms with van der Waals surface area (Å²) in [5.74, 6) is 0.896. The fourth-order valence-corrected chi connectivity index (χ4v) is 9.88. The van der Waals surface area contributed by atoms with Gasteiger partial charge in [0.05, 0.1) is 22.1 Å². The van der Waals surface area contributed by atoms with Gasteiger partial charge in [-0.05, 0) is 136 Å². The Labute approximate surface area is 375 Å². The Morgan fingerprint density at radius 3 is 1.62 bits per heavy atom. The van der Waals surface area contributed by atoms with Crippen LogP contribution in [0.4, 0.5) is 0 Å². The summed E-state index contributed by atoms with van der Waals surface area (Å²) in [6.45, 7) is 0. The first-order valence-electron chi connectivity index (χ1n) is 22.1. The van der Waals surface area contributed by atoms with Crippen molar-refractivity contribution in [1.29, 1.82) is 0 Å². The molecule has 0 spiro atoms. The second-order valence-electron chi connectivity index (χ2n) is 16.7. The van der Waals surface area contributed by atoms with Crippen LogP contribution in [0.15, 0.2) is 241 Å². The number of para-hydroxylation sites is 4. The van der Waals surface area contributed by atoms with E-state index in [0.29, 0.717) is 0 Å². The number of aromatic nitrogens is 3. The van der Waals surface area contributed by atoms with Crippen LogP contribution < -0.4 is 0 Å². The number of furan rings is 1. The summed E-state index contributed by atoms with van der Waals surface area (Å²) in [7, 11) is 0. The number of fused-ring (bicyclic) bond motifs is 7. The Morgan fingerprint density at radius 1 is 0.308 bits per heavy atom. The highest BCUT2D eigenvalue weighted by Gasteiger charge is 2.19. The first kappa shape index (κ1) is 36.9. The maximum absolute atomic E-state index is 6.55. The van der Waals surface area contributed by atoms with Crippen molar-refractivity contribution in [2.45, 2.75) is 0 Å². The molecule has 304 valence electrons. The standard InChI is InChI=1S/C61H39N3O/c1-4-15-40(16-5-1)45-35-46(41-17-6-2-7-18-41)37-47(36-45)61-62-54-23-11-13-25-57(54)64(61)49-31-27-42(28-32-49)50-22-14-26-59-60(50)53-39-44(30-34-58(53)65-59)43-29-33-56-52(38-43)51-21-10-12-24-55(51)63(56)48-19-8-3-9-20-48/h1-39H. The van der Waals surface area contributed by atoms with Gasteiger partial charge in [-0.15, -0.1) is 0 Å². The van der Waals surface area contributed by atoms with E-state index >= 15 is 0 Å². The van der Waals surface area contributed by atoms with Crippen molar-refractivity contribution in [3.8, 4) is 67.3 Å². The Kier molecular flexibility index (Phi) is 8.50. The minimum absolute atomic E-state index is 0.871. The van der Waals surface area contributed by atoms with E-state index in [9.17, 15) is 0 Å². The highest BCUT2D eigenvalue weighted by Crippen LogP contribution is 2.41. The second kappa shape index (κ2) is 15.0. The van der Waals surface area contributed by atoms with Gasteiger partial charge in [-0.2, -0.15) is 0 Å². The Morgan fingerprint density at radius 2 is 0.877 bits per heavy atom. The summed E-state index contributed by atoms with van der Waals surface area (Å²) in [6.07, 6.45) is 0. The lowest BCUT2D eigenvalue weighted by Gasteiger charge is -2.14. The number of hydrogen-bond acceptors (Lipinski definition) is 2. The molecule has 0 unspecified atom stereocenters. The fraction of sp³-hybridized carbons (Fsp3) is 0. The van der Waals surface area contributed by atoms with Crippen molar-refractivity contribution in [3.63, 3.8) is 0 Å². The van der Waals surface area contributed by atoms with Gasteiger partial charge in [0, 0.05) is 38.5 Å².